The Morgan fingerprint density at radius 2 is 0.783 bits per heavy atom. The summed E-state index contributed by atoms with van der Waals surface area (Å²) in [6.07, 6.45) is 0. The minimum Gasteiger partial charge on any atom is -0.455 e. The third-order valence-corrected chi connectivity index (χ3v) is 9.45. The van der Waals surface area contributed by atoms with Crippen LogP contribution in [0.5, 0.6) is 0 Å². The van der Waals surface area contributed by atoms with Gasteiger partial charge in [0.05, 0.1) is 5.39 Å². The van der Waals surface area contributed by atoms with E-state index in [0.717, 1.165) is 55.0 Å². The molecule has 0 unspecified atom stereocenters. The molecule has 2 heterocycles. The van der Waals surface area contributed by atoms with Crippen molar-refractivity contribution in [2.24, 2.45) is 0 Å². The first-order valence-corrected chi connectivity index (χ1v) is 15.7. The van der Waals surface area contributed by atoms with Crippen molar-refractivity contribution < 1.29 is 8.83 Å². The number of rotatable bonds is 3. The number of para-hydroxylation sites is 2. The molecule has 0 saturated heterocycles. The lowest BCUT2D eigenvalue weighted by atomic mass is 9.85. The number of hydrogen-bond acceptors (Lipinski definition) is 2. The molecule has 0 atom stereocenters. The molecule has 214 valence electrons. The average Bonchev–Trinajstić information content (AvgIpc) is 3.69. The molecule has 0 bridgehead atoms. The number of fused-ring (bicyclic) bond motifs is 9. The minimum atomic E-state index is 0.846. The largest absolute Gasteiger partial charge is 0.455 e. The zero-order chi connectivity index (χ0) is 30.2. The molecule has 0 aliphatic carbocycles. The number of benzene rings is 8. The monoisotopic (exact) mass is 586 g/mol. The molecule has 0 amide bonds. The molecule has 0 N–H and O–H groups in total. The lowest BCUT2D eigenvalue weighted by molar-refractivity contribution is 0.663. The van der Waals surface area contributed by atoms with Gasteiger partial charge in [-0.2, -0.15) is 0 Å². The molecule has 0 saturated carbocycles. The average molecular weight is 587 g/mol. The smallest absolute Gasteiger partial charge is 0.147 e. The van der Waals surface area contributed by atoms with E-state index in [-0.39, 0.29) is 0 Å². The summed E-state index contributed by atoms with van der Waals surface area (Å²) in [5.74, 6) is 0. The van der Waals surface area contributed by atoms with Gasteiger partial charge in [-0.25, -0.2) is 0 Å². The molecule has 0 radical (unpaired) electrons. The fraction of sp³-hybridized carbons (Fsp3) is 0. The molecule has 0 fully saturated rings. The highest BCUT2D eigenvalue weighted by molar-refractivity contribution is 6.26. The standard InChI is InChI=1S/C44H26O2/c1-2-13-27(14-3-1)40-31-18-4-6-20-33(31)41(34-21-7-5-19-32(34)40)29-16-12-15-28(25-29)36-26-37-30-17-8-10-23-38(30)45-44(37)42-35-22-9-11-24-39(35)46-43(36)42/h1-26H. The van der Waals surface area contributed by atoms with Crippen molar-refractivity contribution in [3.8, 4) is 33.4 Å². The van der Waals surface area contributed by atoms with Crippen LogP contribution in [0, 0.1) is 0 Å². The molecule has 2 aromatic heterocycles. The van der Waals surface area contributed by atoms with Gasteiger partial charge in [0, 0.05) is 21.7 Å². The molecule has 0 aliphatic rings. The Hall–Kier alpha value is -6.12. The van der Waals surface area contributed by atoms with Crippen LogP contribution in [0.1, 0.15) is 0 Å². The topological polar surface area (TPSA) is 26.3 Å². The first kappa shape index (κ1) is 25.2. The summed E-state index contributed by atoms with van der Waals surface area (Å²) in [6.45, 7) is 0. The van der Waals surface area contributed by atoms with Crippen LogP contribution in [0.25, 0.3) is 98.8 Å². The van der Waals surface area contributed by atoms with Crippen LogP contribution in [0.3, 0.4) is 0 Å². The van der Waals surface area contributed by atoms with E-state index in [9.17, 15) is 0 Å². The SMILES string of the molecule is c1ccc(-c2c3ccccc3c(-c3cccc(-c4cc5c6ccccc6oc5c5c4oc4ccccc45)c3)c3ccccc23)cc1. The maximum atomic E-state index is 6.63. The van der Waals surface area contributed by atoms with Crippen LogP contribution in [0.2, 0.25) is 0 Å². The second kappa shape index (κ2) is 9.69. The van der Waals surface area contributed by atoms with E-state index >= 15 is 0 Å². The van der Waals surface area contributed by atoms with Crippen molar-refractivity contribution in [1.82, 2.24) is 0 Å². The molecule has 10 aromatic rings. The minimum absolute atomic E-state index is 0.846. The Kier molecular flexibility index (Phi) is 5.31. The normalized spacial score (nSPS) is 11.9. The van der Waals surface area contributed by atoms with E-state index in [0.29, 0.717) is 0 Å². The second-order valence-corrected chi connectivity index (χ2v) is 12.0. The fourth-order valence-corrected chi connectivity index (χ4v) is 7.48. The van der Waals surface area contributed by atoms with Gasteiger partial charge in [-0.3, -0.25) is 0 Å². The van der Waals surface area contributed by atoms with Crippen molar-refractivity contribution in [3.05, 3.63) is 158 Å². The zero-order valence-corrected chi connectivity index (χ0v) is 24.8. The summed E-state index contributed by atoms with van der Waals surface area (Å²) in [6, 6.07) is 56.1. The van der Waals surface area contributed by atoms with Gasteiger partial charge in [-0.15, -0.1) is 0 Å². The lowest BCUT2D eigenvalue weighted by Gasteiger charge is -2.18. The molecule has 0 spiro atoms. The molecule has 8 aromatic carbocycles. The molecule has 2 nitrogen and oxygen atoms in total. The maximum Gasteiger partial charge on any atom is 0.147 e. The van der Waals surface area contributed by atoms with Gasteiger partial charge >= 0.3 is 0 Å². The highest BCUT2D eigenvalue weighted by Crippen LogP contribution is 2.47. The highest BCUT2D eigenvalue weighted by Gasteiger charge is 2.22. The molecular weight excluding hydrogens is 560 g/mol. The molecule has 46 heavy (non-hydrogen) atoms. The Bertz CT molecular complexity index is 2740. The van der Waals surface area contributed by atoms with E-state index in [4.69, 9.17) is 8.83 Å². The van der Waals surface area contributed by atoms with Crippen LogP contribution in [0.15, 0.2) is 167 Å². The third-order valence-electron chi connectivity index (χ3n) is 9.45. The van der Waals surface area contributed by atoms with Gasteiger partial charge < -0.3 is 8.83 Å². The molecule has 10 rings (SSSR count). The van der Waals surface area contributed by atoms with Crippen molar-refractivity contribution in [2.45, 2.75) is 0 Å². The Balaban J connectivity index is 1.29. The van der Waals surface area contributed by atoms with E-state index in [2.05, 4.69) is 133 Å². The van der Waals surface area contributed by atoms with Gasteiger partial charge in [-0.1, -0.05) is 133 Å². The van der Waals surface area contributed by atoms with Crippen LogP contribution in [-0.4, -0.2) is 0 Å². The van der Waals surface area contributed by atoms with Gasteiger partial charge in [0.25, 0.3) is 0 Å². The second-order valence-electron chi connectivity index (χ2n) is 12.0. The van der Waals surface area contributed by atoms with Gasteiger partial charge in [0.15, 0.2) is 0 Å². The lowest BCUT2D eigenvalue weighted by Crippen LogP contribution is -1.91. The van der Waals surface area contributed by atoms with Gasteiger partial charge in [0.1, 0.15) is 22.3 Å². The van der Waals surface area contributed by atoms with E-state index < -0.39 is 0 Å². The number of furan rings is 2. The highest BCUT2D eigenvalue weighted by atomic mass is 16.3. The quantitative estimate of drug-likeness (QED) is 0.193. The van der Waals surface area contributed by atoms with Crippen LogP contribution >= 0.6 is 0 Å². The predicted octanol–water partition coefficient (Wildman–Crippen LogP) is 12.8. The van der Waals surface area contributed by atoms with Crippen LogP contribution in [-0.2, 0) is 0 Å². The van der Waals surface area contributed by atoms with Crippen LogP contribution < -0.4 is 0 Å². The summed E-state index contributed by atoms with van der Waals surface area (Å²) in [5, 5.41) is 9.26. The van der Waals surface area contributed by atoms with Crippen molar-refractivity contribution in [2.75, 3.05) is 0 Å². The Morgan fingerprint density at radius 3 is 1.46 bits per heavy atom. The summed E-state index contributed by atoms with van der Waals surface area (Å²) in [4.78, 5) is 0. The van der Waals surface area contributed by atoms with Crippen molar-refractivity contribution in [1.29, 1.82) is 0 Å². The summed E-state index contributed by atoms with van der Waals surface area (Å²) in [5.41, 5.74) is 10.5. The number of hydrogen-bond donors (Lipinski definition) is 0. The first-order valence-electron chi connectivity index (χ1n) is 15.7. The summed E-state index contributed by atoms with van der Waals surface area (Å²) < 4.78 is 13.1. The van der Waals surface area contributed by atoms with E-state index in [1.54, 1.807) is 0 Å². The molecule has 2 heteroatoms. The Morgan fingerprint density at radius 1 is 0.304 bits per heavy atom. The van der Waals surface area contributed by atoms with E-state index in [1.807, 2.05) is 24.3 Å². The Labute approximate surface area is 264 Å². The third kappa shape index (κ3) is 3.59. The summed E-state index contributed by atoms with van der Waals surface area (Å²) in [7, 11) is 0. The van der Waals surface area contributed by atoms with Crippen LogP contribution in [0.4, 0.5) is 0 Å². The molecular formula is C44H26O2. The van der Waals surface area contributed by atoms with E-state index in [1.165, 1.54) is 43.8 Å². The maximum absolute atomic E-state index is 6.63. The fourth-order valence-electron chi connectivity index (χ4n) is 7.48. The van der Waals surface area contributed by atoms with Crippen molar-refractivity contribution >= 4 is 65.4 Å². The van der Waals surface area contributed by atoms with Crippen molar-refractivity contribution in [3.63, 3.8) is 0 Å². The first-order chi connectivity index (χ1) is 22.8. The van der Waals surface area contributed by atoms with Gasteiger partial charge in [-0.05, 0) is 73.6 Å². The van der Waals surface area contributed by atoms with Gasteiger partial charge in [0.2, 0.25) is 0 Å². The zero-order valence-electron chi connectivity index (χ0n) is 24.8. The predicted molar refractivity (Wildman–Crippen MR) is 192 cm³/mol. The summed E-state index contributed by atoms with van der Waals surface area (Å²) >= 11 is 0. The molecule has 0 aliphatic heterocycles.